The molecule has 0 radical (unpaired) electrons. The molecule has 7 heteroatoms. The number of furan rings is 1. The summed E-state index contributed by atoms with van der Waals surface area (Å²) < 4.78 is 10.1. The van der Waals surface area contributed by atoms with Gasteiger partial charge in [0, 0.05) is 6.42 Å². The summed E-state index contributed by atoms with van der Waals surface area (Å²) in [6.45, 7) is 5.13. The predicted molar refractivity (Wildman–Crippen MR) is 71.5 cm³/mol. The highest BCUT2D eigenvalue weighted by atomic mass is 16.5. The molecule has 110 valence electrons. The third-order valence-corrected chi connectivity index (χ3v) is 2.54. The topological polar surface area (TPSA) is 112 Å². The van der Waals surface area contributed by atoms with E-state index in [1.807, 2.05) is 6.92 Å². The highest BCUT2D eigenvalue weighted by molar-refractivity contribution is 6.10. The molecular formula is C13H18N2O5. The number of anilines is 1. The zero-order valence-electron chi connectivity index (χ0n) is 11.7. The quantitative estimate of drug-likeness (QED) is 0.770. The zero-order chi connectivity index (χ0) is 15.3. The van der Waals surface area contributed by atoms with Crippen LogP contribution in [0.4, 0.5) is 5.88 Å². The van der Waals surface area contributed by atoms with Crippen molar-refractivity contribution in [2.75, 3.05) is 11.9 Å². The Hall–Kier alpha value is -2.31. The van der Waals surface area contributed by atoms with Gasteiger partial charge in [-0.1, -0.05) is 6.92 Å². The van der Waals surface area contributed by atoms with Gasteiger partial charge in [0.05, 0.1) is 6.61 Å². The Morgan fingerprint density at radius 1 is 1.25 bits per heavy atom. The van der Waals surface area contributed by atoms with Gasteiger partial charge in [0.1, 0.15) is 16.9 Å². The van der Waals surface area contributed by atoms with Crippen molar-refractivity contribution >= 4 is 23.7 Å². The lowest BCUT2D eigenvalue weighted by Crippen LogP contribution is -2.20. The van der Waals surface area contributed by atoms with E-state index < -0.39 is 11.9 Å². The fourth-order valence-corrected chi connectivity index (χ4v) is 1.73. The molecule has 0 saturated heterocycles. The lowest BCUT2D eigenvalue weighted by molar-refractivity contribution is -0.116. The number of primary amides is 1. The van der Waals surface area contributed by atoms with Gasteiger partial charge in [-0.15, -0.1) is 0 Å². The molecule has 1 heterocycles. The molecule has 20 heavy (non-hydrogen) atoms. The van der Waals surface area contributed by atoms with Gasteiger partial charge in [-0.25, -0.2) is 4.79 Å². The SMILES string of the molecule is CCCC(=O)Nc1oc(C)c(C(=O)OCC)c1C(N)=O. The minimum atomic E-state index is -0.864. The molecule has 0 atom stereocenters. The second kappa shape index (κ2) is 6.74. The summed E-state index contributed by atoms with van der Waals surface area (Å²) >= 11 is 0. The van der Waals surface area contributed by atoms with Crippen LogP contribution in [-0.2, 0) is 9.53 Å². The smallest absolute Gasteiger partial charge is 0.342 e. The van der Waals surface area contributed by atoms with Crippen LogP contribution >= 0.6 is 0 Å². The van der Waals surface area contributed by atoms with Gasteiger partial charge in [-0.2, -0.15) is 0 Å². The van der Waals surface area contributed by atoms with E-state index in [1.54, 1.807) is 6.92 Å². The second-order valence-electron chi connectivity index (χ2n) is 4.12. The van der Waals surface area contributed by atoms with Crippen LogP contribution in [0, 0.1) is 6.92 Å². The van der Waals surface area contributed by atoms with E-state index in [1.165, 1.54) is 6.92 Å². The average Bonchev–Trinajstić information content (AvgIpc) is 2.66. The molecule has 1 aromatic heterocycles. The van der Waals surface area contributed by atoms with Gasteiger partial charge in [0.25, 0.3) is 5.91 Å². The Morgan fingerprint density at radius 2 is 1.90 bits per heavy atom. The summed E-state index contributed by atoms with van der Waals surface area (Å²) in [5.41, 5.74) is 5.04. The molecule has 3 N–H and O–H groups in total. The number of nitrogens with one attached hydrogen (secondary N) is 1. The number of aryl methyl sites for hydroxylation is 1. The van der Waals surface area contributed by atoms with E-state index in [0.29, 0.717) is 6.42 Å². The minimum Gasteiger partial charge on any atom is -0.462 e. The first-order chi connectivity index (χ1) is 9.42. The van der Waals surface area contributed by atoms with Crippen LogP contribution in [0.5, 0.6) is 0 Å². The molecule has 1 aromatic rings. The van der Waals surface area contributed by atoms with E-state index in [9.17, 15) is 14.4 Å². The van der Waals surface area contributed by atoms with Crippen LogP contribution in [0.15, 0.2) is 4.42 Å². The molecule has 0 aliphatic carbocycles. The third-order valence-electron chi connectivity index (χ3n) is 2.54. The first-order valence-electron chi connectivity index (χ1n) is 6.32. The number of nitrogens with two attached hydrogens (primary N) is 1. The van der Waals surface area contributed by atoms with E-state index in [2.05, 4.69) is 5.32 Å². The predicted octanol–water partition coefficient (Wildman–Crippen LogP) is 1.60. The van der Waals surface area contributed by atoms with Crippen LogP contribution in [0.3, 0.4) is 0 Å². The van der Waals surface area contributed by atoms with Crippen LogP contribution in [0.25, 0.3) is 0 Å². The van der Waals surface area contributed by atoms with Gasteiger partial charge in [-0.05, 0) is 20.3 Å². The van der Waals surface area contributed by atoms with Crippen molar-refractivity contribution in [1.82, 2.24) is 0 Å². The Balaban J connectivity index is 3.20. The van der Waals surface area contributed by atoms with Crippen molar-refractivity contribution in [3.63, 3.8) is 0 Å². The Labute approximate surface area is 116 Å². The standard InChI is InChI=1S/C13H18N2O5/c1-4-6-8(16)15-12-10(11(14)17)9(7(3)20-12)13(18)19-5-2/h4-6H2,1-3H3,(H2,14,17)(H,15,16). The molecule has 0 aliphatic heterocycles. The Morgan fingerprint density at radius 3 is 2.40 bits per heavy atom. The maximum absolute atomic E-state index is 11.8. The minimum absolute atomic E-state index is 0.0499. The number of hydrogen-bond acceptors (Lipinski definition) is 5. The molecule has 2 amide bonds. The van der Waals surface area contributed by atoms with Crippen molar-refractivity contribution in [3.8, 4) is 0 Å². The molecule has 0 spiro atoms. The maximum atomic E-state index is 11.8. The molecular weight excluding hydrogens is 264 g/mol. The van der Waals surface area contributed by atoms with Crippen molar-refractivity contribution in [2.45, 2.75) is 33.6 Å². The number of ether oxygens (including phenoxy) is 1. The number of esters is 1. The summed E-state index contributed by atoms with van der Waals surface area (Å²) in [7, 11) is 0. The monoisotopic (exact) mass is 282 g/mol. The van der Waals surface area contributed by atoms with E-state index in [-0.39, 0.29) is 41.7 Å². The normalized spacial score (nSPS) is 10.2. The van der Waals surface area contributed by atoms with Gasteiger partial charge in [0.2, 0.25) is 11.8 Å². The zero-order valence-corrected chi connectivity index (χ0v) is 11.7. The summed E-state index contributed by atoms with van der Waals surface area (Å²) in [6, 6.07) is 0. The highest BCUT2D eigenvalue weighted by Gasteiger charge is 2.28. The number of carbonyl (C=O) groups excluding carboxylic acids is 3. The van der Waals surface area contributed by atoms with E-state index >= 15 is 0 Å². The highest BCUT2D eigenvalue weighted by Crippen LogP contribution is 2.27. The van der Waals surface area contributed by atoms with Crippen molar-refractivity contribution in [1.29, 1.82) is 0 Å². The van der Waals surface area contributed by atoms with Gasteiger partial charge < -0.3 is 14.9 Å². The molecule has 0 aromatic carbocycles. The fourth-order valence-electron chi connectivity index (χ4n) is 1.73. The lowest BCUT2D eigenvalue weighted by Gasteiger charge is -2.03. The fraction of sp³-hybridized carbons (Fsp3) is 0.462. The molecule has 0 saturated carbocycles. The maximum Gasteiger partial charge on any atom is 0.342 e. The van der Waals surface area contributed by atoms with Gasteiger partial charge >= 0.3 is 5.97 Å². The Kier molecular flexibility index (Phi) is 5.31. The van der Waals surface area contributed by atoms with E-state index in [0.717, 1.165) is 0 Å². The molecule has 0 unspecified atom stereocenters. The summed E-state index contributed by atoms with van der Waals surface area (Å²) in [5.74, 6) is -1.84. The molecule has 0 aliphatic rings. The largest absolute Gasteiger partial charge is 0.462 e. The summed E-state index contributed by atoms with van der Waals surface area (Å²) in [5, 5.41) is 2.44. The first-order valence-corrected chi connectivity index (χ1v) is 6.32. The summed E-state index contributed by atoms with van der Waals surface area (Å²) in [6.07, 6.45) is 0.912. The number of rotatable bonds is 6. The van der Waals surface area contributed by atoms with Crippen LogP contribution < -0.4 is 11.1 Å². The number of amides is 2. The van der Waals surface area contributed by atoms with E-state index in [4.69, 9.17) is 14.9 Å². The molecule has 1 rings (SSSR count). The third kappa shape index (κ3) is 3.37. The van der Waals surface area contributed by atoms with Crippen molar-refractivity contribution in [3.05, 3.63) is 16.9 Å². The number of hydrogen-bond donors (Lipinski definition) is 2. The van der Waals surface area contributed by atoms with Crippen LogP contribution in [0.1, 0.15) is 53.2 Å². The molecule has 7 nitrogen and oxygen atoms in total. The second-order valence-corrected chi connectivity index (χ2v) is 4.12. The lowest BCUT2D eigenvalue weighted by atomic mass is 10.1. The van der Waals surface area contributed by atoms with Crippen LogP contribution in [-0.4, -0.2) is 24.4 Å². The van der Waals surface area contributed by atoms with Gasteiger partial charge in [-0.3, -0.25) is 14.9 Å². The Bertz CT molecular complexity index is 533. The first kappa shape index (κ1) is 15.7. The van der Waals surface area contributed by atoms with Crippen molar-refractivity contribution in [2.24, 2.45) is 5.73 Å². The average molecular weight is 282 g/mol. The van der Waals surface area contributed by atoms with Gasteiger partial charge in [0.15, 0.2) is 0 Å². The van der Waals surface area contributed by atoms with Crippen molar-refractivity contribution < 1.29 is 23.5 Å². The molecule has 0 bridgehead atoms. The number of carbonyl (C=O) groups is 3. The van der Waals surface area contributed by atoms with Crippen LogP contribution in [0.2, 0.25) is 0 Å². The summed E-state index contributed by atoms with van der Waals surface area (Å²) in [4.78, 5) is 34.9. The molecule has 0 fully saturated rings.